The van der Waals surface area contributed by atoms with Gasteiger partial charge in [0, 0.05) is 9.92 Å². The Hall–Kier alpha value is -1.20. The van der Waals surface area contributed by atoms with Gasteiger partial charge in [0.05, 0.1) is 17.2 Å². The van der Waals surface area contributed by atoms with Crippen LogP contribution in [0.5, 0.6) is 0 Å². The molecule has 21 heavy (non-hydrogen) atoms. The molecule has 1 aromatic carbocycles. The van der Waals surface area contributed by atoms with Gasteiger partial charge >= 0.3 is 5.97 Å². The van der Waals surface area contributed by atoms with Crippen molar-refractivity contribution in [3.05, 3.63) is 29.3 Å². The van der Waals surface area contributed by atoms with Crippen molar-refractivity contribution in [3.8, 4) is 0 Å². The summed E-state index contributed by atoms with van der Waals surface area (Å²) < 4.78 is 0. The maximum absolute atomic E-state index is 12.3. The summed E-state index contributed by atoms with van der Waals surface area (Å²) in [5.41, 5.74) is -0.544. The number of benzene rings is 1. The van der Waals surface area contributed by atoms with E-state index in [1.165, 1.54) is 11.8 Å². The normalized spacial score (nSPS) is 17.6. The van der Waals surface area contributed by atoms with E-state index in [1.807, 2.05) is 19.1 Å². The summed E-state index contributed by atoms with van der Waals surface area (Å²) in [6, 6.07) is 7.30. The topological polar surface area (TPSA) is 66.4 Å². The summed E-state index contributed by atoms with van der Waals surface area (Å²) in [4.78, 5) is 24.1. The number of carboxylic acids is 1. The Morgan fingerprint density at radius 2 is 2.00 bits per heavy atom. The molecule has 1 aliphatic rings. The predicted octanol–water partition coefficient (Wildman–Crippen LogP) is 3.33. The Labute approximate surface area is 133 Å². The van der Waals surface area contributed by atoms with E-state index in [4.69, 9.17) is 16.7 Å². The van der Waals surface area contributed by atoms with Crippen LogP contribution < -0.4 is 5.32 Å². The minimum atomic E-state index is -0.868. The summed E-state index contributed by atoms with van der Waals surface area (Å²) in [5, 5.41) is 12.3. The maximum atomic E-state index is 12.3. The number of carbonyl (C=O) groups excluding carboxylic acids is 1. The summed E-state index contributed by atoms with van der Waals surface area (Å²) in [6.07, 6.45) is 2.44. The van der Waals surface area contributed by atoms with Crippen molar-refractivity contribution in [1.82, 2.24) is 5.32 Å². The number of carbonyl (C=O) groups is 2. The fourth-order valence-electron chi connectivity index (χ4n) is 2.37. The number of hydrogen-bond donors (Lipinski definition) is 2. The Kier molecular flexibility index (Phi) is 5.17. The number of halogens is 1. The first-order chi connectivity index (χ1) is 9.90. The van der Waals surface area contributed by atoms with Gasteiger partial charge in [-0.2, -0.15) is 0 Å². The molecule has 4 nitrogen and oxygen atoms in total. The van der Waals surface area contributed by atoms with Crippen LogP contribution >= 0.6 is 23.4 Å². The Morgan fingerprint density at radius 1 is 1.38 bits per heavy atom. The van der Waals surface area contributed by atoms with E-state index in [0.717, 1.165) is 24.2 Å². The van der Waals surface area contributed by atoms with Crippen LogP contribution in [0.4, 0.5) is 0 Å². The van der Waals surface area contributed by atoms with Gasteiger partial charge in [-0.1, -0.05) is 11.6 Å². The third-order valence-electron chi connectivity index (χ3n) is 3.68. The highest BCUT2D eigenvalue weighted by molar-refractivity contribution is 8.00. The van der Waals surface area contributed by atoms with Gasteiger partial charge in [0.15, 0.2) is 0 Å². The van der Waals surface area contributed by atoms with Crippen molar-refractivity contribution in [2.45, 2.75) is 48.3 Å². The van der Waals surface area contributed by atoms with E-state index < -0.39 is 11.5 Å². The fraction of sp³-hybridized carbons (Fsp3) is 0.467. The van der Waals surface area contributed by atoms with Crippen LogP contribution in [0.15, 0.2) is 29.2 Å². The van der Waals surface area contributed by atoms with Crippen LogP contribution in [0.2, 0.25) is 5.02 Å². The second kappa shape index (κ2) is 6.71. The molecular formula is C15H18ClNO3S. The second-order valence-electron chi connectivity index (χ2n) is 5.41. The van der Waals surface area contributed by atoms with Crippen molar-refractivity contribution in [3.63, 3.8) is 0 Å². The highest BCUT2D eigenvalue weighted by Gasteiger charge is 2.41. The van der Waals surface area contributed by atoms with Gasteiger partial charge in [-0.15, -0.1) is 11.8 Å². The smallest absolute Gasteiger partial charge is 0.305 e. The summed E-state index contributed by atoms with van der Waals surface area (Å²) in [6.45, 7) is 1.82. The van der Waals surface area contributed by atoms with E-state index in [9.17, 15) is 9.59 Å². The van der Waals surface area contributed by atoms with E-state index in [-0.39, 0.29) is 17.6 Å². The molecular weight excluding hydrogens is 310 g/mol. The van der Waals surface area contributed by atoms with Crippen LogP contribution in [0.1, 0.15) is 32.6 Å². The number of aliphatic carboxylic acids is 1. The molecule has 114 valence electrons. The number of rotatable bonds is 6. The molecule has 6 heteroatoms. The number of thioether (sulfide) groups is 1. The lowest BCUT2D eigenvalue weighted by atomic mass is 9.74. The second-order valence-corrected chi connectivity index (χ2v) is 7.26. The molecule has 1 aliphatic carbocycles. The van der Waals surface area contributed by atoms with Crippen LogP contribution in [0.3, 0.4) is 0 Å². The SMILES string of the molecule is CC(Sc1ccc(Cl)cc1)C(=O)NC1(CC(=O)O)CCC1. The van der Waals surface area contributed by atoms with Crippen molar-refractivity contribution >= 4 is 35.2 Å². The lowest BCUT2D eigenvalue weighted by Crippen LogP contribution is -2.56. The summed E-state index contributed by atoms with van der Waals surface area (Å²) in [7, 11) is 0. The highest BCUT2D eigenvalue weighted by Crippen LogP contribution is 2.35. The van der Waals surface area contributed by atoms with Crippen molar-refractivity contribution in [1.29, 1.82) is 0 Å². The first-order valence-electron chi connectivity index (χ1n) is 6.86. The van der Waals surface area contributed by atoms with E-state index in [0.29, 0.717) is 5.02 Å². The third-order valence-corrected chi connectivity index (χ3v) is 5.05. The first-order valence-corrected chi connectivity index (χ1v) is 8.12. The number of hydrogen-bond acceptors (Lipinski definition) is 3. The molecule has 0 bridgehead atoms. The zero-order valence-corrected chi connectivity index (χ0v) is 13.3. The summed E-state index contributed by atoms with van der Waals surface area (Å²) >= 11 is 7.27. The minimum absolute atomic E-state index is 0.00291. The molecule has 0 aliphatic heterocycles. The van der Waals surface area contributed by atoms with Crippen LogP contribution in [-0.2, 0) is 9.59 Å². The van der Waals surface area contributed by atoms with Gasteiger partial charge in [-0.3, -0.25) is 9.59 Å². The quantitative estimate of drug-likeness (QED) is 0.786. The molecule has 1 aromatic rings. The third kappa shape index (κ3) is 4.38. The molecule has 0 aromatic heterocycles. The number of carboxylic acid groups (broad SMARTS) is 1. The van der Waals surface area contributed by atoms with E-state index in [2.05, 4.69) is 5.32 Å². The molecule has 1 atom stereocenters. The molecule has 1 fully saturated rings. The monoisotopic (exact) mass is 327 g/mol. The molecule has 1 unspecified atom stereocenters. The zero-order valence-electron chi connectivity index (χ0n) is 11.8. The lowest BCUT2D eigenvalue weighted by molar-refractivity contribution is -0.140. The average molecular weight is 328 g/mol. The highest BCUT2D eigenvalue weighted by atomic mass is 35.5. The Morgan fingerprint density at radius 3 is 2.48 bits per heavy atom. The number of amides is 1. The fourth-order valence-corrected chi connectivity index (χ4v) is 3.37. The molecule has 2 N–H and O–H groups in total. The van der Waals surface area contributed by atoms with Gasteiger partial charge in [0.2, 0.25) is 5.91 Å². The van der Waals surface area contributed by atoms with Crippen LogP contribution in [0.25, 0.3) is 0 Å². The van der Waals surface area contributed by atoms with E-state index in [1.54, 1.807) is 12.1 Å². The molecule has 1 saturated carbocycles. The number of nitrogens with one attached hydrogen (secondary N) is 1. The molecule has 1 amide bonds. The van der Waals surface area contributed by atoms with Gasteiger partial charge in [-0.05, 0) is 50.5 Å². The zero-order chi connectivity index (χ0) is 15.5. The molecule has 0 heterocycles. The first kappa shape index (κ1) is 16.2. The average Bonchev–Trinajstić information content (AvgIpc) is 2.38. The minimum Gasteiger partial charge on any atom is -0.481 e. The van der Waals surface area contributed by atoms with Gasteiger partial charge < -0.3 is 10.4 Å². The largest absolute Gasteiger partial charge is 0.481 e. The Balaban J connectivity index is 1.92. The molecule has 2 rings (SSSR count). The van der Waals surface area contributed by atoms with Crippen molar-refractivity contribution in [2.75, 3.05) is 0 Å². The van der Waals surface area contributed by atoms with Gasteiger partial charge in [-0.25, -0.2) is 0 Å². The van der Waals surface area contributed by atoms with Gasteiger partial charge in [0.25, 0.3) is 0 Å². The van der Waals surface area contributed by atoms with E-state index >= 15 is 0 Å². The Bertz CT molecular complexity index is 528. The maximum Gasteiger partial charge on any atom is 0.305 e. The van der Waals surface area contributed by atoms with Gasteiger partial charge in [0.1, 0.15) is 0 Å². The van der Waals surface area contributed by atoms with Crippen molar-refractivity contribution in [2.24, 2.45) is 0 Å². The molecule has 0 saturated heterocycles. The predicted molar refractivity (Wildman–Crippen MR) is 83.7 cm³/mol. The standard InChI is InChI=1S/C15H18ClNO3S/c1-10(21-12-5-3-11(16)4-6-12)14(20)17-15(7-2-8-15)9-13(18)19/h3-6,10H,2,7-9H2,1H3,(H,17,20)(H,18,19). The van der Waals surface area contributed by atoms with Crippen LogP contribution in [0, 0.1) is 0 Å². The lowest BCUT2D eigenvalue weighted by Gasteiger charge is -2.42. The van der Waals surface area contributed by atoms with Crippen LogP contribution in [-0.4, -0.2) is 27.8 Å². The summed E-state index contributed by atoms with van der Waals surface area (Å²) in [5.74, 6) is -0.982. The molecule has 0 spiro atoms. The van der Waals surface area contributed by atoms with Crippen molar-refractivity contribution < 1.29 is 14.7 Å². The molecule has 0 radical (unpaired) electrons.